The third-order valence-electron chi connectivity index (χ3n) is 4.58. The molecule has 28 heavy (non-hydrogen) atoms. The number of aliphatic hydroxyl groups is 1. The molecule has 9 heteroatoms. The van der Waals surface area contributed by atoms with Gasteiger partial charge >= 0.3 is 0 Å². The molecular weight excluding hydrogens is 362 g/mol. The van der Waals surface area contributed by atoms with Crippen LogP contribution >= 0.6 is 0 Å². The SMILES string of the molecule is O=C(C[C@@H]1CC[C@H](NC(=O)c2ccncc2)[C@H](CO)O1)NCc1ccncn1. The predicted molar refractivity (Wildman–Crippen MR) is 99.0 cm³/mol. The van der Waals surface area contributed by atoms with Crippen molar-refractivity contribution in [1.29, 1.82) is 0 Å². The van der Waals surface area contributed by atoms with Crippen molar-refractivity contribution in [3.8, 4) is 0 Å². The van der Waals surface area contributed by atoms with E-state index >= 15 is 0 Å². The molecule has 0 spiro atoms. The molecule has 0 aliphatic carbocycles. The van der Waals surface area contributed by atoms with Gasteiger partial charge in [-0.15, -0.1) is 0 Å². The zero-order valence-electron chi connectivity index (χ0n) is 15.3. The number of aliphatic hydroxyl groups excluding tert-OH is 1. The molecule has 3 atom stereocenters. The van der Waals surface area contributed by atoms with Crippen molar-refractivity contribution >= 4 is 11.8 Å². The Morgan fingerprint density at radius 1 is 1.14 bits per heavy atom. The predicted octanol–water partition coefficient (Wildman–Crippen LogP) is 0.216. The van der Waals surface area contributed by atoms with Crippen molar-refractivity contribution in [1.82, 2.24) is 25.6 Å². The number of hydrogen-bond acceptors (Lipinski definition) is 7. The third-order valence-corrected chi connectivity index (χ3v) is 4.58. The molecule has 2 amide bonds. The topological polar surface area (TPSA) is 126 Å². The summed E-state index contributed by atoms with van der Waals surface area (Å²) in [6.45, 7) is 0.0858. The molecule has 0 aromatic carbocycles. The van der Waals surface area contributed by atoms with Crippen LogP contribution in [0.5, 0.6) is 0 Å². The van der Waals surface area contributed by atoms with Crippen LogP contribution in [-0.4, -0.2) is 56.7 Å². The van der Waals surface area contributed by atoms with Crippen LogP contribution in [0.1, 0.15) is 35.3 Å². The number of nitrogens with one attached hydrogen (secondary N) is 2. The minimum absolute atomic E-state index is 0.153. The van der Waals surface area contributed by atoms with Crippen LogP contribution in [0, 0.1) is 0 Å². The highest BCUT2D eigenvalue weighted by molar-refractivity contribution is 5.94. The van der Waals surface area contributed by atoms with E-state index in [1.54, 1.807) is 36.8 Å². The van der Waals surface area contributed by atoms with Gasteiger partial charge in [-0.1, -0.05) is 0 Å². The Hall–Kier alpha value is -2.91. The summed E-state index contributed by atoms with van der Waals surface area (Å²) in [4.78, 5) is 36.2. The summed E-state index contributed by atoms with van der Waals surface area (Å²) in [7, 11) is 0. The van der Waals surface area contributed by atoms with E-state index in [0.717, 1.165) is 5.69 Å². The molecule has 1 saturated heterocycles. The van der Waals surface area contributed by atoms with E-state index in [1.807, 2.05) is 0 Å². The average Bonchev–Trinajstić information content (AvgIpc) is 2.74. The summed E-state index contributed by atoms with van der Waals surface area (Å²) < 4.78 is 5.84. The average molecular weight is 385 g/mol. The number of nitrogens with zero attached hydrogens (tertiary/aromatic N) is 3. The van der Waals surface area contributed by atoms with Gasteiger partial charge in [0.15, 0.2) is 0 Å². The van der Waals surface area contributed by atoms with Crippen LogP contribution < -0.4 is 10.6 Å². The number of rotatable bonds is 7. The van der Waals surface area contributed by atoms with E-state index in [2.05, 4.69) is 25.6 Å². The maximum Gasteiger partial charge on any atom is 0.251 e. The molecule has 1 fully saturated rings. The second-order valence-electron chi connectivity index (χ2n) is 6.55. The number of ether oxygens (including phenoxy) is 1. The Bertz CT molecular complexity index is 774. The molecule has 3 heterocycles. The first-order valence-electron chi connectivity index (χ1n) is 9.14. The van der Waals surface area contributed by atoms with E-state index in [1.165, 1.54) is 6.33 Å². The van der Waals surface area contributed by atoms with Crippen LogP contribution in [-0.2, 0) is 16.1 Å². The summed E-state index contributed by atoms with van der Waals surface area (Å²) >= 11 is 0. The van der Waals surface area contributed by atoms with E-state index in [0.29, 0.717) is 24.9 Å². The zero-order chi connectivity index (χ0) is 19.8. The fourth-order valence-electron chi connectivity index (χ4n) is 3.09. The Balaban J connectivity index is 1.47. The highest BCUT2D eigenvalue weighted by Crippen LogP contribution is 2.22. The van der Waals surface area contributed by atoms with Gasteiger partial charge in [0.05, 0.1) is 37.4 Å². The highest BCUT2D eigenvalue weighted by Gasteiger charge is 2.33. The molecule has 3 rings (SSSR count). The van der Waals surface area contributed by atoms with Gasteiger partial charge in [0.2, 0.25) is 5.91 Å². The molecule has 3 N–H and O–H groups in total. The van der Waals surface area contributed by atoms with Crippen molar-refractivity contribution in [2.75, 3.05) is 6.61 Å². The zero-order valence-corrected chi connectivity index (χ0v) is 15.3. The first kappa shape index (κ1) is 19.8. The summed E-state index contributed by atoms with van der Waals surface area (Å²) in [5, 5.41) is 15.3. The number of amides is 2. The van der Waals surface area contributed by atoms with Crippen LogP contribution in [0.25, 0.3) is 0 Å². The lowest BCUT2D eigenvalue weighted by atomic mass is 9.96. The second kappa shape index (κ2) is 9.86. The maximum atomic E-state index is 12.3. The van der Waals surface area contributed by atoms with Crippen molar-refractivity contribution in [3.63, 3.8) is 0 Å². The van der Waals surface area contributed by atoms with Crippen molar-refractivity contribution in [2.24, 2.45) is 0 Å². The van der Waals surface area contributed by atoms with Crippen LogP contribution in [0.2, 0.25) is 0 Å². The smallest absolute Gasteiger partial charge is 0.251 e. The molecule has 1 aliphatic rings. The number of carbonyl (C=O) groups is 2. The van der Waals surface area contributed by atoms with Crippen LogP contribution in [0.15, 0.2) is 43.1 Å². The van der Waals surface area contributed by atoms with Crippen molar-refractivity contribution in [2.45, 2.75) is 44.1 Å². The molecule has 148 valence electrons. The Morgan fingerprint density at radius 2 is 1.93 bits per heavy atom. The molecule has 2 aromatic rings. The van der Waals surface area contributed by atoms with Crippen LogP contribution in [0.4, 0.5) is 0 Å². The van der Waals surface area contributed by atoms with Gasteiger partial charge in [0.25, 0.3) is 5.91 Å². The summed E-state index contributed by atoms with van der Waals surface area (Å²) in [6, 6.07) is 4.66. The normalized spacial score (nSPS) is 21.7. The molecule has 1 aliphatic heterocycles. The standard InChI is InChI=1S/C19H23N5O4/c25-11-17-16(24-19(27)13-3-6-20-7-4-13)2-1-15(28-17)9-18(26)22-10-14-5-8-21-12-23-14/h3-8,12,15-17,25H,1-2,9-11H2,(H,22,26)(H,24,27)/t15-,16-,17-/m0/s1. The summed E-state index contributed by atoms with van der Waals surface area (Å²) in [6.07, 6.45) is 6.69. The van der Waals surface area contributed by atoms with Gasteiger partial charge in [-0.3, -0.25) is 14.6 Å². The lowest BCUT2D eigenvalue weighted by Crippen LogP contribution is -2.51. The molecule has 2 aromatic heterocycles. The lowest BCUT2D eigenvalue weighted by molar-refractivity contribution is -0.131. The maximum absolute atomic E-state index is 12.3. The minimum atomic E-state index is -0.556. The fourth-order valence-corrected chi connectivity index (χ4v) is 3.09. The molecular formula is C19H23N5O4. The quantitative estimate of drug-likeness (QED) is 0.622. The Kier molecular flexibility index (Phi) is 6.99. The van der Waals surface area contributed by atoms with Crippen molar-refractivity contribution in [3.05, 3.63) is 54.4 Å². The molecule has 0 bridgehead atoms. The highest BCUT2D eigenvalue weighted by atomic mass is 16.5. The number of pyridine rings is 1. The summed E-state index contributed by atoms with van der Waals surface area (Å²) in [5.41, 5.74) is 1.22. The number of hydrogen-bond donors (Lipinski definition) is 3. The van der Waals surface area contributed by atoms with Crippen molar-refractivity contribution < 1.29 is 19.4 Å². The number of carbonyl (C=O) groups excluding carboxylic acids is 2. The largest absolute Gasteiger partial charge is 0.394 e. The fraction of sp³-hybridized carbons (Fsp3) is 0.421. The molecule has 9 nitrogen and oxygen atoms in total. The minimum Gasteiger partial charge on any atom is -0.394 e. The number of aromatic nitrogens is 3. The summed E-state index contributed by atoms with van der Waals surface area (Å²) in [5.74, 6) is -0.393. The Labute approximate surface area is 162 Å². The Morgan fingerprint density at radius 3 is 2.64 bits per heavy atom. The second-order valence-corrected chi connectivity index (χ2v) is 6.55. The first-order valence-corrected chi connectivity index (χ1v) is 9.14. The monoisotopic (exact) mass is 385 g/mol. The van der Waals surface area contributed by atoms with Crippen LogP contribution in [0.3, 0.4) is 0 Å². The molecule has 0 radical (unpaired) electrons. The lowest BCUT2D eigenvalue weighted by Gasteiger charge is -2.36. The van der Waals surface area contributed by atoms with E-state index < -0.39 is 6.10 Å². The molecule has 0 unspecified atom stereocenters. The molecule has 0 saturated carbocycles. The first-order chi connectivity index (χ1) is 13.7. The van der Waals surface area contributed by atoms with Gasteiger partial charge in [-0.05, 0) is 31.0 Å². The van der Waals surface area contributed by atoms with Gasteiger partial charge < -0.3 is 20.5 Å². The van der Waals surface area contributed by atoms with E-state index in [9.17, 15) is 14.7 Å². The van der Waals surface area contributed by atoms with Gasteiger partial charge in [0.1, 0.15) is 12.4 Å². The van der Waals surface area contributed by atoms with E-state index in [4.69, 9.17) is 4.74 Å². The third kappa shape index (κ3) is 5.54. The van der Waals surface area contributed by atoms with E-state index in [-0.39, 0.29) is 37.0 Å². The van der Waals surface area contributed by atoms with Gasteiger partial charge in [-0.2, -0.15) is 0 Å². The van der Waals surface area contributed by atoms with Gasteiger partial charge in [0, 0.05) is 24.2 Å². The van der Waals surface area contributed by atoms with Gasteiger partial charge in [-0.25, -0.2) is 9.97 Å².